The first-order valence-electron chi connectivity index (χ1n) is 12.0. The van der Waals surface area contributed by atoms with Crippen molar-refractivity contribution in [3.05, 3.63) is 53.8 Å². The van der Waals surface area contributed by atoms with E-state index >= 15 is 0 Å². The highest BCUT2D eigenvalue weighted by atomic mass is 32.2. The lowest BCUT2D eigenvalue weighted by Crippen LogP contribution is -2.52. The summed E-state index contributed by atoms with van der Waals surface area (Å²) in [7, 11) is -2.61. The second kappa shape index (κ2) is 9.58. The largest absolute Gasteiger partial charge is 0.341 e. The van der Waals surface area contributed by atoms with Crippen molar-refractivity contribution in [2.75, 3.05) is 7.05 Å². The van der Waals surface area contributed by atoms with Gasteiger partial charge in [-0.2, -0.15) is 4.31 Å². The van der Waals surface area contributed by atoms with Crippen molar-refractivity contribution in [2.24, 2.45) is 0 Å². The molecule has 0 N–H and O–H groups in total. The molecule has 2 aliphatic rings. The van der Waals surface area contributed by atoms with E-state index < -0.39 is 33.8 Å². The first-order chi connectivity index (χ1) is 16.4. The molecule has 9 heteroatoms. The lowest BCUT2D eigenvalue weighted by Gasteiger charge is -2.37. The smallest absolute Gasteiger partial charge is 0.248 e. The lowest BCUT2D eigenvalue weighted by atomic mass is 9.91. The minimum absolute atomic E-state index is 0.0558. The van der Waals surface area contributed by atoms with Gasteiger partial charge in [0, 0.05) is 43.1 Å². The number of amides is 1. The molecule has 0 spiro atoms. The number of halogens is 3. The molecule has 1 aliphatic carbocycles. The van der Waals surface area contributed by atoms with Crippen molar-refractivity contribution in [3.8, 4) is 11.1 Å². The molecule has 1 aliphatic heterocycles. The van der Waals surface area contributed by atoms with Gasteiger partial charge in [0.25, 0.3) is 0 Å². The number of alkyl halides is 2. The fourth-order valence-electron chi connectivity index (χ4n) is 5.30. The van der Waals surface area contributed by atoms with E-state index in [0.717, 1.165) is 5.56 Å². The zero-order valence-corrected chi connectivity index (χ0v) is 21.0. The van der Waals surface area contributed by atoms with E-state index in [1.54, 1.807) is 39.1 Å². The fraction of sp³-hybridized carbons (Fsp3) is 0.500. The van der Waals surface area contributed by atoms with Crippen molar-refractivity contribution in [2.45, 2.75) is 81.3 Å². The summed E-state index contributed by atoms with van der Waals surface area (Å²) in [6.07, 6.45) is 0.626. The van der Waals surface area contributed by atoms with Crippen LogP contribution in [0.1, 0.15) is 51.0 Å². The minimum atomic E-state index is -4.18. The van der Waals surface area contributed by atoms with Crippen LogP contribution < -0.4 is 0 Å². The van der Waals surface area contributed by atoms with Gasteiger partial charge in [-0.3, -0.25) is 4.79 Å². The highest BCUT2D eigenvalue weighted by molar-refractivity contribution is 7.89. The Morgan fingerprint density at radius 2 is 1.69 bits per heavy atom. The van der Waals surface area contributed by atoms with Crippen LogP contribution in [0, 0.1) is 12.7 Å². The van der Waals surface area contributed by atoms with E-state index in [0.29, 0.717) is 12.8 Å². The van der Waals surface area contributed by atoms with Gasteiger partial charge in [-0.05, 0) is 57.7 Å². The second-order valence-electron chi connectivity index (χ2n) is 9.79. The molecule has 190 valence electrons. The quantitative estimate of drug-likeness (QED) is 0.545. The van der Waals surface area contributed by atoms with Gasteiger partial charge in [0.05, 0.1) is 4.90 Å². The van der Waals surface area contributed by atoms with Crippen LogP contribution in [0.5, 0.6) is 0 Å². The summed E-state index contributed by atoms with van der Waals surface area (Å²) < 4.78 is 71.1. The molecule has 4 rings (SSSR count). The van der Waals surface area contributed by atoms with E-state index in [2.05, 4.69) is 0 Å². The summed E-state index contributed by atoms with van der Waals surface area (Å²) in [4.78, 5) is 14.9. The van der Waals surface area contributed by atoms with E-state index in [1.807, 2.05) is 0 Å². The van der Waals surface area contributed by atoms with Gasteiger partial charge >= 0.3 is 0 Å². The van der Waals surface area contributed by atoms with Gasteiger partial charge in [0.2, 0.25) is 21.9 Å². The molecule has 1 heterocycles. The first-order valence-corrected chi connectivity index (χ1v) is 13.4. The number of aryl methyl sites for hydroxylation is 1. The molecule has 5 nitrogen and oxygen atoms in total. The molecular formula is C26H31F3N2O3S. The minimum Gasteiger partial charge on any atom is -0.341 e. The zero-order chi connectivity index (χ0) is 25.5. The van der Waals surface area contributed by atoms with Crippen LogP contribution in [0.15, 0.2) is 47.4 Å². The highest BCUT2D eigenvalue weighted by Gasteiger charge is 2.47. The molecule has 35 heavy (non-hydrogen) atoms. The number of sulfonamides is 1. The third kappa shape index (κ3) is 4.98. The van der Waals surface area contributed by atoms with Crippen LogP contribution in [0.2, 0.25) is 0 Å². The predicted molar refractivity (Wildman–Crippen MR) is 128 cm³/mol. The van der Waals surface area contributed by atoms with E-state index in [-0.39, 0.29) is 53.7 Å². The SMILES string of the molecule is Cc1ccc(S(=O)(=O)N2[C@H](C)CC[C@H]2C(=O)N(C)C2CCC(F)(F)CC2)c(-c2ccccc2F)c1. The number of rotatable bonds is 5. The standard InChI is InChI=1S/C26H31F3N2O3S/c1-17-8-11-24(21(16-17)20-6-4-5-7-22(20)27)35(33,34)31-18(2)9-10-23(31)25(32)30(3)19-12-14-26(28,29)15-13-19/h4-8,11,16,18-19,23H,9-10,12-15H2,1-3H3/t18-,23+/m1/s1. The average molecular weight is 509 g/mol. The molecule has 2 atom stereocenters. The molecule has 1 saturated carbocycles. The molecule has 2 fully saturated rings. The van der Waals surface area contributed by atoms with Gasteiger partial charge < -0.3 is 4.90 Å². The van der Waals surface area contributed by atoms with Crippen LogP contribution in [0.4, 0.5) is 13.2 Å². The molecule has 1 amide bonds. The Morgan fingerprint density at radius 3 is 2.34 bits per heavy atom. The maximum Gasteiger partial charge on any atom is 0.248 e. The monoisotopic (exact) mass is 508 g/mol. The Kier molecular flexibility index (Phi) is 7.03. The Bertz CT molecular complexity index is 1210. The molecule has 0 bridgehead atoms. The van der Waals surface area contributed by atoms with Crippen molar-refractivity contribution in [1.29, 1.82) is 0 Å². The van der Waals surface area contributed by atoms with Crippen LogP contribution in [-0.4, -0.2) is 54.6 Å². The Hall–Kier alpha value is -2.39. The summed E-state index contributed by atoms with van der Waals surface area (Å²) in [5.41, 5.74) is 1.19. The molecule has 2 aromatic carbocycles. The van der Waals surface area contributed by atoms with E-state index in [9.17, 15) is 26.4 Å². The summed E-state index contributed by atoms with van der Waals surface area (Å²) >= 11 is 0. The van der Waals surface area contributed by atoms with Crippen LogP contribution >= 0.6 is 0 Å². The number of carbonyl (C=O) groups is 1. The van der Waals surface area contributed by atoms with Gasteiger partial charge in [-0.25, -0.2) is 21.6 Å². The number of hydrogen-bond donors (Lipinski definition) is 0. The third-order valence-corrected chi connectivity index (χ3v) is 9.40. The molecular weight excluding hydrogens is 477 g/mol. The predicted octanol–water partition coefficient (Wildman–Crippen LogP) is 5.38. The highest BCUT2D eigenvalue weighted by Crippen LogP contribution is 2.39. The van der Waals surface area contributed by atoms with Gasteiger partial charge in [-0.1, -0.05) is 29.8 Å². The average Bonchev–Trinajstić information content (AvgIpc) is 3.20. The van der Waals surface area contributed by atoms with Crippen LogP contribution in [0.25, 0.3) is 11.1 Å². The van der Waals surface area contributed by atoms with E-state index in [4.69, 9.17) is 0 Å². The zero-order valence-electron chi connectivity index (χ0n) is 20.2. The van der Waals surface area contributed by atoms with Crippen molar-refractivity contribution in [3.63, 3.8) is 0 Å². The topological polar surface area (TPSA) is 57.7 Å². The fourth-order valence-corrected chi connectivity index (χ4v) is 7.32. The molecule has 0 radical (unpaired) electrons. The maximum absolute atomic E-state index is 14.7. The van der Waals surface area contributed by atoms with Crippen molar-refractivity contribution in [1.82, 2.24) is 9.21 Å². The molecule has 0 aromatic heterocycles. The summed E-state index contributed by atoms with van der Waals surface area (Å²) in [6.45, 7) is 3.55. The van der Waals surface area contributed by atoms with Crippen LogP contribution in [0.3, 0.4) is 0 Å². The summed E-state index contributed by atoms with van der Waals surface area (Å²) in [6, 6.07) is 9.03. The lowest BCUT2D eigenvalue weighted by molar-refractivity contribution is -0.138. The number of likely N-dealkylation sites (N-methyl/N-ethyl adjacent to an activating group) is 1. The number of hydrogen-bond acceptors (Lipinski definition) is 3. The van der Waals surface area contributed by atoms with Gasteiger partial charge in [-0.15, -0.1) is 0 Å². The Labute approximate surface area is 205 Å². The summed E-state index contributed by atoms with van der Waals surface area (Å²) in [5, 5.41) is 0. The van der Waals surface area contributed by atoms with Crippen molar-refractivity contribution < 1.29 is 26.4 Å². The third-order valence-electron chi connectivity index (χ3n) is 7.32. The Morgan fingerprint density at radius 1 is 1.03 bits per heavy atom. The number of nitrogens with zero attached hydrogens (tertiary/aromatic N) is 2. The van der Waals surface area contributed by atoms with Crippen molar-refractivity contribution >= 4 is 15.9 Å². The van der Waals surface area contributed by atoms with Crippen LogP contribution in [-0.2, 0) is 14.8 Å². The molecule has 1 saturated heterocycles. The maximum atomic E-state index is 14.7. The first kappa shape index (κ1) is 25.7. The normalized spacial score (nSPS) is 23.4. The van der Waals surface area contributed by atoms with E-state index in [1.165, 1.54) is 33.5 Å². The number of carbonyl (C=O) groups excluding carboxylic acids is 1. The molecule has 2 aromatic rings. The number of benzene rings is 2. The van der Waals surface area contributed by atoms with Gasteiger partial charge in [0.15, 0.2) is 0 Å². The van der Waals surface area contributed by atoms with Gasteiger partial charge in [0.1, 0.15) is 11.9 Å². The second-order valence-corrected chi connectivity index (χ2v) is 11.6. The molecule has 0 unspecified atom stereocenters. The Balaban J connectivity index is 1.68. The summed E-state index contributed by atoms with van der Waals surface area (Å²) in [5.74, 6) is -3.63.